The minimum absolute atomic E-state index is 0.582. The van der Waals surface area contributed by atoms with Gasteiger partial charge in [-0.25, -0.2) is 0 Å². The second-order valence-electron chi connectivity index (χ2n) is 5.96. The number of para-hydroxylation sites is 2. The van der Waals surface area contributed by atoms with Gasteiger partial charge in [0.1, 0.15) is 0 Å². The molecule has 114 valence electrons. The molecule has 2 aliphatic heterocycles. The smallest absolute Gasteiger partial charge is 0.270 e. The summed E-state index contributed by atoms with van der Waals surface area (Å²) in [5.41, 5.74) is 2.08. The Morgan fingerprint density at radius 3 is 2.65 bits per heavy atom. The number of benzene rings is 1. The van der Waals surface area contributed by atoms with Crippen LogP contribution in [0, 0.1) is 0 Å². The van der Waals surface area contributed by atoms with Crippen molar-refractivity contribution in [1.82, 2.24) is 9.97 Å². The van der Waals surface area contributed by atoms with Crippen LogP contribution in [0.2, 0.25) is 0 Å². The summed E-state index contributed by atoms with van der Waals surface area (Å²) in [6.45, 7) is 1.57. The van der Waals surface area contributed by atoms with Crippen LogP contribution in [-0.4, -0.2) is 28.8 Å². The molecule has 0 atom stereocenters. The summed E-state index contributed by atoms with van der Waals surface area (Å²) in [5, 5.41) is 1.06. The summed E-state index contributed by atoms with van der Waals surface area (Å²) < 4.78 is 12.2. The number of aromatic nitrogens is 2. The van der Waals surface area contributed by atoms with Gasteiger partial charge in [-0.1, -0.05) is 12.1 Å². The first-order valence-electron chi connectivity index (χ1n) is 7.74. The number of fused-ring (bicyclic) bond motifs is 2. The molecule has 0 amide bonds. The van der Waals surface area contributed by atoms with Crippen LogP contribution in [0.1, 0.15) is 6.42 Å². The highest BCUT2D eigenvalue weighted by Gasteiger charge is 2.47. The summed E-state index contributed by atoms with van der Waals surface area (Å²) >= 11 is 0. The van der Waals surface area contributed by atoms with Crippen molar-refractivity contribution in [2.24, 2.45) is 0 Å². The fourth-order valence-electron chi connectivity index (χ4n) is 3.42. The zero-order chi connectivity index (χ0) is 15.3. The maximum Gasteiger partial charge on any atom is 0.270 e. The summed E-state index contributed by atoms with van der Waals surface area (Å²) in [5.74, 6) is 1.08. The highest BCUT2D eigenvalue weighted by Crippen LogP contribution is 2.44. The largest absolute Gasteiger partial charge is 0.447 e. The van der Waals surface area contributed by atoms with E-state index in [0.717, 1.165) is 41.1 Å². The lowest BCUT2D eigenvalue weighted by Gasteiger charge is -2.24. The van der Waals surface area contributed by atoms with E-state index < -0.39 is 5.79 Å². The third-order valence-corrected chi connectivity index (χ3v) is 4.50. The molecular formula is C18H15N3O2. The predicted molar refractivity (Wildman–Crippen MR) is 86.8 cm³/mol. The van der Waals surface area contributed by atoms with Gasteiger partial charge in [0.2, 0.25) is 0 Å². The van der Waals surface area contributed by atoms with Crippen LogP contribution in [-0.2, 0) is 0 Å². The van der Waals surface area contributed by atoms with E-state index in [0.29, 0.717) is 6.54 Å². The Bertz CT molecular complexity index is 866. The van der Waals surface area contributed by atoms with Crippen molar-refractivity contribution in [2.45, 2.75) is 12.2 Å². The summed E-state index contributed by atoms with van der Waals surface area (Å²) in [7, 11) is 0. The Morgan fingerprint density at radius 2 is 1.83 bits per heavy atom. The van der Waals surface area contributed by atoms with Gasteiger partial charge in [-0.15, -0.1) is 0 Å². The van der Waals surface area contributed by atoms with E-state index in [1.807, 2.05) is 48.8 Å². The molecule has 5 nitrogen and oxygen atoms in total. The number of nitrogens with zero attached hydrogens (tertiary/aromatic N) is 3. The quantitative estimate of drug-likeness (QED) is 0.691. The molecule has 4 heterocycles. The number of hydrogen-bond acceptors (Lipinski definition) is 5. The Labute approximate surface area is 133 Å². The number of rotatable bonds is 1. The first-order valence-corrected chi connectivity index (χ1v) is 7.74. The maximum atomic E-state index is 6.12. The fraction of sp³-hybridized carbons (Fsp3) is 0.222. The van der Waals surface area contributed by atoms with Crippen LogP contribution in [0.5, 0.6) is 11.5 Å². The molecule has 0 N–H and O–H groups in total. The molecule has 5 heteroatoms. The highest BCUT2D eigenvalue weighted by atomic mass is 16.7. The van der Waals surface area contributed by atoms with E-state index in [9.17, 15) is 0 Å². The lowest BCUT2D eigenvalue weighted by molar-refractivity contribution is -0.0577. The van der Waals surface area contributed by atoms with E-state index in [-0.39, 0.29) is 0 Å². The van der Waals surface area contributed by atoms with Gasteiger partial charge in [0.05, 0.1) is 12.1 Å². The lowest BCUT2D eigenvalue weighted by atomic mass is 10.2. The Morgan fingerprint density at radius 1 is 1.00 bits per heavy atom. The van der Waals surface area contributed by atoms with E-state index in [4.69, 9.17) is 9.47 Å². The highest BCUT2D eigenvalue weighted by molar-refractivity contribution is 5.90. The molecule has 23 heavy (non-hydrogen) atoms. The molecule has 0 bridgehead atoms. The zero-order valence-electron chi connectivity index (χ0n) is 12.5. The molecule has 2 aliphatic rings. The van der Waals surface area contributed by atoms with Gasteiger partial charge in [-0.3, -0.25) is 9.97 Å². The Hall–Kier alpha value is -2.82. The summed E-state index contributed by atoms with van der Waals surface area (Å²) in [6.07, 6.45) is 6.30. The number of pyridine rings is 2. The van der Waals surface area contributed by atoms with Crippen molar-refractivity contribution in [1.29, 1.82) is 0 Å². The third-order valence-electron chi connectivity index (χ3n) is 4.50. The molecule has 1 aromatic carbocycles. The number of hydrogen-bond donors (Lipinski definition) is 0. The fourth-order valence-corrected chi connectivity index (χ4v) is 3.42. The average Bonchev–Trinajstić information content (AvgIpc) is 3.17. The van der Waals surface area contributed by atoms with Gasteiger partial charge in [-0.05, 0) is 24.3 Å². The first kappa shape index (κ1) is 12.7. The summed E-state index contributed by atoms with van der Waals surface area (Å²) in [4.78, 5) is 10.9. The van der Waals surface area contributed by atoms with Gasteiger partial charge in [0.15, 0.2) is 11.5 Å². The zero-order valence-corrected chi connectivity index (χ0v) is 12.5. The maximum absolute atomic E-state index is 6.12. The molecule has 0 saturated carbocycles. The minimum atomic E-state index is -0.582. The van der Waals surface area contributed by atoms with Crippen LogP contribution in [0.4, 0.5) is 5.69 Å². The molecule has 0 radical (unpaired) electrons. The van der Waals surface area contributed by atoms with E-state index >= 15 is 0 Å². The van der Waals surface area contributed by atoms with Crippen molar-refractivity contribution in [3.8, 4) is 11.5 Å². The van der Waals surface area contributed by atoms with Crippen LogP contribution >= 0.6 is 0 Å². The second-order valence-corrected chi connectivity index (χ2v) is 5.96. The Balaban J connectivity index is 1.49. The van der Waals surface area contributed by atoms with Gasteiger partial charge in [0.25, 0.3) is 5.79 Å². The van der Waals surface area contributed by atoms with Crippen molar-refractivity contribution in [2.75, 3.05) is 18.0 Å². The van der Waals surface area contributed by atoms with Crippen LogP contribution in [0.3, 0.4) is 0 Å². The van der Waals surface area contributed by atoms with Gasteiger partial charge < -0.3 is 14.4 Å². The number of ether oxygens (including phenoxy) is 2. The standard InChI is InChI=1S/C18H15N3O2/c1-2-4-17-16(3-1)22-18(23-17)7-10-21(12-18)15-6-9-20-14-5-8-19-11-13(14)15/h1-6,8-9,11H,7,10,12H2. The molecule has 3 aromatic rings. The normalized spacial score (nSPS) is 18.0. The minimum Gasteiger partial charge on any atom is -0.447 e. The molecule has 1 fully saturated rings. The Kier molecular flexibility index (Phi) is 2.53. The van der Waals surface area contributed by atoms with Crippen molar-refractivity contribution >= 4 is 16.6 Å². The molecule has 1 saturated heterocycles. The SMILES string of the molecule is c1ccc2c(c1)OC1(CCN(c3ccnc4ccncc34)C1)O2. The molecule has 2 aromatic heterocycles. The monoisotopic (exact) mass is 305 g/mol. The molecule has 0 aliphatic carbocycles. The molecular weight excluding hydrogens is 290 g/mol. The van der Waals surface area contributed by atoms with E-state index in [1.54, 1.807) is 6.20 Å². The number of anilines is 1. The van der Waals surface area contributed by atoms with Crippen molar-refractivity contribution in [3.05, 3.63) is 55.0 Å². The second kappa shape index (κ2) is 4.59. The van der Waals surface area contributed by atoms with Gasteiger partial charge in [-0.2, -0.15) is 0 Å². The van der Waals surface area contributed by atoms with Gasteiger partial charge >= 0.3 is 0 Å². The average molecular weight is 305 g/mol. The summed E-state index contributed by atoms with van der Waals surface area (Å²) in [6, 6.07) is 11.8. The van der Waals surface area contributed by atoms with Crippen molar-refractivity contribution in [3.63, 3.8) is 0 Å². The lowest BCUT2D eigenvalue weighted by Crippen LogP contribution is -2.41. The topological polar surface area (TPSA) is 47.5 Å². The molecule has 1 spiro atoms. The van der Waals surface area contributed by atoms with Crippen LogP contribution in [0.15, 0.2) is 55.0 Å². The van der Waals surface area contributed by atoms with E-state index in [2.05, 4.69) is 14.9 Å². The van der Waals surface area contributed by atoms with E-state index in [1.165, 1.54) is 0 Å². The third kappa shape index (κ3) is 1.93. The van der Waals surface area contributed by atoms with Crippen LogP contribution < -0.4 is 14.4 Å². The molecule has 0 unspecified atom stereocenters. The predicted octanol–water partition coefficient (Wildman–Crippen LogP) is 3.01. The first-order chi connectivity index (χ1) is 11.3. The van der Waals surface area contributed by atoms with Crippen molar-refractivity contribution < 1.29 is 9.47 Å². The van der Waals surface area contributed by atoms with Crippen LogP contribution in [0.25, 0.3) is 10.9 Å². The van der Waals surface area contributed by atoms with Gasteiger partial charge in [0, 0.05) is 42.6 Å². The molecule has 5 rings (SSSR count).